The Morgan fingerprint density at radius 3 is 2.87 bits per heavy atom. The second kappa shape index (κ2) is 4.00. The molecule has 2 aromatic heterocycles. The van der Waals surface area contributed by atoms with Crippen molar-refractivity contribution in [2.75, 3.05) is 0 Å². The third kappa shape index (κ3) is 2.00. The quantitative estimate of drug-likeness (QED) is 0.844. The summed E-state index contributed by atoms with van der Waals surface area (Å²) in [6.07, 6.45) is 1.69. The van der Waals surface area contributed by atoms with Crippen LogP contribution in [0.15, 0.2) is 24.4 Å². The molecule has 0 saturated heterocycles. The van der Waals surface area contributed by atoms with Gasteiger partial charge >= 0.3 is 0 Å². The number of hydrogen-bond donors (Lipinski definition) is 1. The van der Waals surface area contributed by atoms with E-state index in [0.29, 0.717) is 16.5 Å². The summed E-state index contributed by atoms with van der Waals surface area (Å²) < 4.78 is 1.59. The third-order valence-corrected chi connectivity index (χ3v) is 2.40. The molecule has 5 heteroatoms. The van der Waals surface area contributed by atoms with E-state index in [2.05, 4.69) is 10.1 Å². The molecule has 2 rings (SSSR count). The average molecular weight is 224 g/mol. The Hall–Kier alpha value is -1.39. The van der Waals surface area contributed by atoms with Gasteiger partial charge in [0.2, 0.25) is 0 Å². The molecule has 0 aliphatic carbocycles. The molecule has 78 valence electrons. The predicted molar refractivity (Wildman–Crippen MR) is 57.0 cm³/mol. The molecule has 1 N–H and O–H groups in total. The maximum atomic E-state index is 8.95. The number of nitrogens with zero attached hydrogens (tertiary/aromatic N) is 3. The Labute approximate surface area is 92.1 Å². The third-order valence-electron chi connectivity index (χ3n) is 2.03. The Morgan fingerprint density at radius 2 is 2.27 bits per heavy atom. The number of aromatic nitrogens is 3. The van der Waals surface area contributed by atoms with Crippen molar-refractivity contribution in [1.29, 1.82) is 0 Å². The van der Waals surface area contributed by atoms with Gasteiger partial charge in [0.15, 0.2) is 5.82 Å². The topological polar surface area (TPSA) is 50.9 Å². The lowest BCUT2D eigenvalue weighted by molar-refractivity contribution is 0.276. The van der Waals surface area contributed by atoms with Crippen molar-refractivity contribution >= 4 is 11.6 Å². The summed E-state index contributed by atoms with van der Waals surface area (Å²) >= 11 is 5.89. The zero-order chi connectivity index (χ0) is 10.8. The fourth-order valence-electron chi connectivity index (χ4n) is 1.24. The van der Waals surface area contributed by atoms with Crippen LogP contribution in [0.5, 0.6) is 0 Å². The van der Waals surface area contributed by atoms with Crippen LogP contribution < -0.4 is 0 Å². The second-order valence-corrected chi connectivity index (χ2v) is 3.56. The number of aliphatic hydroxyl groups is 1. The van der Waals surface area contributed by atoms with Crippen molar-refractivity contribution in [2.24, 2.45) is 0 Å². The summed E-state index contributed by atoms with van der Waals surface area (Å²) in [6, 6.07) is 5.38. The highest BCUT2D eigenvalue weighted by Gasteiger charge is 2.05. The summed E-state index contributed by atoms with van der Waals surface area (Å²) in [5.41, 5.74) is 1.37. The van der Waals surface area contributed by atoms with Crippen LogP contribution in [0.2, 0.25) is 5.02 Å². The fourth-order valence-corrected chi connectivity index (χ4v) is 1.37. The molecule has 0 fully saturated rings. The van der Waals surface area contributed by atoms with Gasteiger partial charge in [-0.05, 0) is 19.1 Å². The van der Waals surface area contributed by atoms with Gasteiger partial charge in [-0.25, -0.2) is 9.67 Å². The van der Waals surface area contributed by atoms with Gasteiger partial charge in [0.1, 0.15) is 0 Å². The predicted octanol–water partition coefficient (Wildman–Crippen LogP) is 1.72. The van der Waals surface area contributed by atoms with Crippen LogP contribution in [0.1, 0.15) is 11.4 Å². The number of pyridine rings is 1. The minimum atomic E-state index is -0.0815. The summed E-state index contributed by atoms with van der Waals surface area (Å²) in [5, 5.41) is 13.7. The van der Waals surface area contributed by atoms with Gasteiger partial charge in [0.25, 0.3) is 0 Å². The molecule has 0 aliphatic heterocycles. The van der Waals surface area contributed by atoms with E-state index in [-0.39, 0.29) is 6.61 Å². The summed E-state index contributed by atoms with van der Waals surface area (Å²) in [5.74, 6) is 0.650. The van der Waals surface area contributed by atoms with Crippen molar-refractivity contribution in [1.82, 2.24) is 14.8 Å². The van der Waals surface area contributed by atoms with Crippen LogP contribution in [-0.2, 0) is 6.61 Å². The number of rotatable bonds is 2. The van der Waals surface area contributed by atoms with E-state index < -0.39 is 0 Å². The van der Waals surface area contributed by atoms with E-state index in [1.54, 1.807) is 16.9 Å². The van der Waals surface area contributed by atoms with Gasteiger partial charge in [-0.3, -0.25) is 0 Å². The molecule has 0 bridgehead atoms. The molecule has 0 radical (unpaired) electrons. The summed E-state index contributed by atoms with van der Waals surface area (Å²) in [7, 11) is 0. The smallest absolute Gasteiger partial charge is 0.153 e. The Kier molecular flexibility index (Phi) is 2.70. The van der Waals surface area contributed by atoms with Gasteiger partial charge in [-0.15, -0.1) is 0 Å². The fraction of sp³-hybridized carbons (Fsp3) is 0.200. The summed E-state index contributed by atoms with van der Waals surface area (Å²) in [6.45, 7) is 1.75. The van der Waals surface area contributed by atoms with Crippen molar-refractivity contribution in [3.05, 3.63) is 40.8 Å². The minimum Gasteiger partial charge on any atom is -0.390 e. The molecular formula is C10H10ClN3O. The van der Waals surface area contributed by atoms with Crippen LogP contribution in [0.4, 0.5) is 0 Å². The lowest BCUT2D eigenvalue weighted by atomic mass is 10.3. The molecule has 0 atom stereocenters. The van der Waals surface area contributed by atoms with Gasteiger partial charge < -0.3 is 5.11 Å². The second-order valence-electron chi connectivity index (χ2n) is 3.15. The molecule has 15 heavy (non-hydrogen) atoms. The number of aryl methyl sites for hydroxylation is 1. The molecule has 4 nitrogen and oxygen atoms in total. The molecule has 2 heterocycles. The van der Waals surface area contributed by atoms with Gasteiger partial charge in [0, 0.05) is 0 Å². The molecule has 2 aromatic rings. The molecule has 0 saturated carbocycles. The van der Waals surface area contributed by atoms with E-state index >= 15 is 0 Å². The highest BCUT2D eigenvalue weighted by Crippen LogP contribution is 2.15. The van der Waals surface area contributed by atoms with E-state index in [4.69, 9.17) is 16.7 Å². The first-order valence-electron chi connectivity index (χ1n) is 4.49. The maximum Gasteiger partial charge on any atom is 0.153 e. The molecule has 0 aliphatic rings. The molecule has 0 amide bonds. The van der Waals surface area contributed by atoms with Crippen LogP contribution in [0, 0.1) is 6.92 Å². The van der Waals surface area contributed by atoms with Crippen molar-refractivity contribution in [3.8, 4) is 5.82 Å². The normalized spacial score (nSPS) is 10.6. The van der Waals surface area contributed by atoms with E-state index in [1.807, 2.05) is 19.1 Å². The van der Waals surface area contributed by atoms with Crippen molar-refractivity contribution < 1.29 is 5.11 Å². The number of halogens is 1. The Morgan fingerprint density at radius 1 is 1.47 bits per heavy atom. The molecule has 0 unspecified atom stereocenters. The Balaban J connectivity index is 2.44. The Bertz CT molecular complexity index is 462. The van der Waals surface area contributed by atoms with Crippen LogP contribution in [0.3, 0.4) is 0 Å². The van der Waals surface area contributed by atoms with E-state index in [0.717, 1.165) is 5.69 Å². The highest BCUT2D eigenvalue weighted by molar-refractivity contribution is 6.31. The van der Waals surface area contributed by atoms with Crippen molar-refractivity contribution in [3.63, 3.8) is 0 Å². The zero-order valence-electron chi connectivity index (χ0n) is 8.18. The average Bonchev–Trinajstić information content (AvgIpc) is 2.59. The van der Waals surface area contributed by atoms with Crippen molar-refractivity contribution in [2.45, 2.75) is 13.5 Å². The maximum absolute atomic E-state index is 8.95. The number of hydrogen-bond acceptors (Lipinski definition) is 3. The van der Waals surface area contributed by atoms with Gasteiger partial charge in [-0.1, -0.05) is 17.7 Å². The first-order chi connectivity index (χ1) is 7.20. The molecular weight excluding hydrogens is 214 g/mol. The lowest BCUT2D eigenvalue weighted by Crippen LogP contribution is -2.00. The first kappa shape index (κ1) is 10.1. The summed E-state index contributed by atoms with van der Waals surface area (Å²) in [4.78, 5) is 4.21. The monoisotopic (exact) mass is 223 g/mol. The van der Waals surface area contributed by atoms with Gasteiger partial charge in [0.05, 0.1) is 29.2 Å². The zero-order valence-corrected chi connectivity index (χ0v) is 8.94. The molecule has 0 spiro atoms. The van der Waals surface area contributed by atoms with Crippen LogP contribution >= 0.6 is 11.6 Å². The number of aliphatic hydroxyl groups excluding tert-OH is 1. The molecule has 0 aromatic carbocycles. The van der Waals surface area contributed by atoms with Crippen LogP contribution in [-0.4, -0.2) is 19.9 Å². The lowest BCUT2D eigenvalue weighted by Gasteiger charge is -2.01. The van der Waals surface area contributed by atoms with E-state index in [1.165, 1.54) is 0 Å². The van der Waals surface area contributed by atoms with Crippen LogP contribution in [0.25, 0.3) is 5.82 Å². The highest BCUT2D eigenvalue weighted by atomic mass is 35.5. The standard InChI is InChI=1S/C10H10ClN3O/c1-7-9(11)5-14(13-7)10-4-2-3-8(6-15)12-10/h2-5,15H,6H2,1H3. The minimum absolute atomic E-state index is 0.0815. The first-order valence-corrected chi connectivity index (χ1v) is 4.87. The largest absolute Gasteiger partial charge is 0.390 e. The van der Waals surface area contributed by atoms with E-state index in [9.17, 15) is 0 Å². The SMILES string of the molecule is Cc1nn(-c2cccc(CO)n2)cc1Cl. The van der Waals surface area contributed by atoms with Gasteiger partial charge in [-0.2, -0.15) is 5.10 Å².